The van der Waals surface area contributed by atoms with Gasteiger partial charge in [0.2, 0.25) is 0 Å². The summed E-state index contributed by atoms with van der Waals surface area (Å²) in [5.41, 5.74) is 4.13. The minimum Gasteiger partial charge on any atom is -0.494 e. The maximum atomic E-state index is 12.6. The third-order valence-corrected chi connectivity index (χ3v) is 6.33. The Morgan fingerprint density at radius 1 is 0.857 bits per heavy atom. The highest BCUT2D eigenvalue weighted by Crippen LogP contribution is 2.23. The number of aryl methyl sites for hydroxylation is 1. The van der Waals surface area contributed by atoms with Crippen LogP contribution in [-0.2, 0) is 6.42 Å². The first-order chi connectivity index (χ1) is 17.1. The van der Waals surface area contributed by atoms with E-state index in [4.69, 9.17) is 9.47 Å². The molecule has 184 valence electrons. The van der Waals surface area contributed by atoms with Crippen molar-refractivity contribution in [3.63, 3.8) is 0 Å². The molecule has 0 aromatic heterocycles. The summed E-state index contributed by atoms with van der Waals surface area (Å²) in [6.45, 7) is 7.27. The van der Waals surface area contributed by atoms with Crippen molar-refractivity contribution < 1.29 is 14.3 Å². The summed E-state index contributed by atoms with van der Waals surface area (Å²) in [6, 6.07) is 23.5. The van der Waals surface area contributed by atoms with E-state index in [1.807, 2.05) is 43.3 Å². The van der Waals surface area contributed by atoms with Gasteiger partial charge in [0.05, 0.1) is 12.2 Å². The second-order valence-corrected chi connectivity index (χ2v) is 9.10. The van der Waals surface area contributed by atoms with Gasteiger partial charge in [-0.2, -0.15) is 0 Å². The van der Waals surface area contributed by atoms with Crippen molar-refractivity contribution in [3.8, 4) is 22.6 Å². The van der Waals surface area contributed by atoms with Crippen LogP contribution in [0.2, 0.25) is 0 Å². The first kappa shape index (κ1) is 26.3. The zero-order chi connectivity index (χ0) is 24.9. The average Bonchev–Trinajstić information content (AvgIpc) is 2.90. The Labute approximate surface area is 210 Å². The van der Waals surface area contributed by atoms with Gasteiger partial charge in [0.1, 0.15) is 11.5 Å². The van der Waals surface area contributed by atoms with Gasteiger partial charge in [-0.25, -0.2) is 4.79 Å². The SMILES string of the molecule is C/C=C\CCCCOc1ccc(OC(=O)c2ccc(-c3ccc(CC[C@@H](C)CC)cc3)cc2)cc1. The molecule has 35 heavy (non-hydrogen) atoms. The first-order valence-electron chi connectivity index (χ1n) is 12.8. The summed E-state index contributed by atoms with van der Waals surface area (Å²) in [5, 5.41) is 0. The highest BCUT2D eigenvalue weighted by molar-refractivity contribution is 5.91. The minimum atomic E-state index is -0.366. The van der Waals surface area contributed by atoms with Crippen molar-refractivity contribution in [2.75, 3.05) is 6.61 Å². The molecule has 0 aliphatic carbocycles. The highest BCUT2D eigenvalue weighted by atomic mass is 16.5. The number of ether oxygens (including phenoxy) is 2. The predicted molar refractivity (Wildman–Crippen MR) is 145 cm³/mol. The van der Waals surface area contributed by atoms with Crippen LogP contribution in [0.4, 0.5) is 0 Å². The molecule has 0 saturated heterocycles. The van der Waals surface area contributed by atoms with Gasteiger partial charge in [0, 0.05) is 0 Å². The molecule has 0 saturated carbocycles. The third-order valence-electron chi connectivity index (χ3n) is 6.33. The smallest absolute Gasteiger partial charge is 0.343 e. The summed E-state index contributed by atoms with van der Waals surface area (Å²) < 4.78 is 11.3. The van der Waals surface area contributed by atoms with Crippen LogP contribution in [0.25, 0.3) is 11.1 Å². The number of allylic oxidation sites excluding steroid dienone is 2. The number of hydrogen-bond acceptors (Lipinski definition) is 3. The average molecular weight is 471 g/mol. The normalized spacial score (nSPS) is 12.0. The van der Waals surface area contributed by atoms with Crippen LogP contribution < -0.4 is 9.47 Å². The molecule has 3 heteroatoms. The molecule has 3 aromatic rings. The highest BCUT2D eigenvalue weighted by Gasteiger charge is 2.10. The van der Waals surface area contributed by atoms with Crippen molar-refractivity contribution in [2.45, 2.75) is 59.3 Å². The van der Waals surface area contributed by atoms with Gasteiger partial charge in [0.25, 0.3) is 0 Å². The van der Waals surface area contributed by atoms with Gasteiger partial charge in [0.15, 0.2) is 0 Å². The Morgan fingerprint density at radius 3 is 2.11 bits per heavy atom. The van der Waals surface area contributed by atoms with Crippen LogP contribution in [0, 0.1) is 5.92 Å². The van der Waals surface area contributed by atoms with E-state index in [2.05, 4.69) is 50.3 Å². The summed E-state index contributed by atoms with van der Waals surface area (Å²) in [6.07, 6.45) is 11.0. The van der Waals surface area contributed by atoms with Crippen molar-refractivity contribution in [2.24, 2.45) is 5.92 Å². The third kappa shape index (κ3) is 8.75. The lowest BCUT2D eigenvalue weighted by atomic mass is 9.97. The number of rotatable bonds is 13. The van der Waals surface area contributed by atoms with E-state index < -0.39 is 0 Å². The lowest BCUT2D eigenvalue weighted by Crippen LogP contribution is -2.08. The molecule has 0 unspecified atom stereocenters. The Bertz CT molecular complexity index is 1050. The summed E-state index contributed by atoms with van der Waals surface area (Å²) >= 11 is 0. The topological polar surface area (TPSA) is 35.5 Å². The molecule has 0 radical (unpaired) electrons. The second-order valence-electron chi connectivity index (χ2n) is 9.10. The van der Waals surface area contributed by atoms with Crippen molar-refractivity contribution >= 4 is 5.97 Å². The Morgan fingerprint density at radius 2 is 1.49 bits per heavy atom. The molecule has 0 spiro atoms. The summed E-state index contributed by atoms with van der Waals surface area (Å²) in [7, 11) is 0. The molecule has 0 amide bonds. The quantitative estimate of drug-likeness (QED) is 0.108. The van der Waals surface area contributed by atoms with Gasteiger partial charge in [-0.05, 0) is 98.0 Å². The van der Waals surface area contributed by atoms with E-state index in [1.165, 1.54) is 18.4 Å². The summed E-state index contributed by atoms with van der Waals surface area (Å²) in [4.78, 5) is 12.6. The van der Waals surface area contributed by atoms with Crippen molar-refractivity contribution in [1.82, 2.24) is 0 Å². The van der Waals surface area contributed by atoms with Gasteiger partial charge >= 0.3 is 5.97 Å². The zero-order valence-corrected chi connectivity index (χ0v) is 21.3. The monoisotopic (exact) mass is 470 g/mol. The molecule has 0 heterocycles. The molecule has 0 fully saturated rings. The zero-order valence-electron chi connectivity index (χ0n) is 21.3. The standard InChI is InChI=1S/C32H38O3/c1-4-6-7-8-9-24-34-30-20-22-31(23-21-30)35-32(33)29-18-16-28(17-19-29)27-14-12-26(13-15-27)11-10-25(3)5-2/h4,6,12-23,25H,5,7-11,24H2,1-3H3/b6-4-/t25-/m0/s1. The lowest BCUT2D eigenvalue weighted by molar-refractivity contribution is 0.0734. The molecule has 3 rings (SSSR count). The first-order valence-corrected chi connectivity index (χ1v) is 12.8. The second kappa shape index (κ2) is 14.2. The Hall–Kier alpha value is -3.33. The van der Waals surface area contributed by atoms with Crippen molar-refractivity contribution in [1.29, 1.82) is 0 Å². The molecule has 3 aromatic carbocycles. The fraction of sp³-hybridized carbons (Fsp3) is 0.344. The summed E-state index contributed by atoms with van der Waals surface area (Å²) in [5.74, 6) is 1.68. The van der Waals surface area contributed by atoms with E-state index in [1.54, 1.807) is 12.1 Å². The van der Waals surface area contributed by atoms with Gasteiger partial charge < -0.3 is 9.47 Å². The largest absolute Gasteiger partial charge is 0.494 e. The van der Waals surface area contributed by atoms with E-state index in [-0.39, 0.29) is 5.97 Å². The van der Waals surface area contributed by atoms with Crippen LogP contribution in [0.5, 0.6) is 11.5 Å². The Balaban J connectivity index is 1.49. The van der Waals surface area contributed by atoms with Crippen LogP contribution in [0.3, 0.4) is 0 Å². The molecule has 1 atom stereocenters. The van der Waals surface area contributed by atoms with Crippen LogP contribution in [0.1, 0.15) is 68.8 Å². The number of esters is 1. The fourth-order valence-electron chi connectivity index (χ4n) is 3.77. The van der Waals surface area contributed by atoms with E-state index in [0.717, 1.165) is 48.5 Å². The molecule has 0 aliphatic rings. The van der Waals surface area contributed by atoms with Crippen LogP contribution in [-0.4, -0.2) is 12.6 Å². The molecule has 0 N–H and O–H groups in total. The fourth-order valence-corrected chi connectivity index (χ4v) is 3.77. The number of carbonyl (C=O) groups is 1. The molecular weight excluding hydrogens is 432 g/mol. The number of benzene rings is 3. The maximum Gasteiger partial charge on any atom is 0.343 e. The molecule has 0 aliphatic heterocycles. The van der Waals surface area contributed by atoms with Gasteiger partial charge in [-0.1, -0.05) is 68.8 Å². The number of hydrogen-bond donors (Lipinski definition) is 0. The number of carbonyl (C=O) groups excluding carboxylic acids is 1. The molecule has 3 nitrogen and oxygen atoms in total. The molecular formula is C32H38O3. The van der Waals surface area contributed by atoms with Crippen molar-refractivity contribution in [3.05, 3.63) is 96.1 Å². The van der Waals surface area contributed by atoms with Gasteiger partial charge in [-0.15, -0.1) is 0 Å². The lowest BCUT2D eigenvalue weighted by Gasteiger charge is -2.09. The van der Waals surface area contributed by atoms with Gasteiger partial charge in [-0.3, -0.25) is 0 Å². The predicted octanol–water partition coefficient (Wildman–Crippen LogP) is 8.68. The minimum absolute atomic E-state index is 0.366. The van der Waals surface area contributed by atoms with Crippen LogP contribution >= 0.6 is 0 Å². The molecule has 0 bridgehead atoms. The number of unbranched alkanes of at least 4 members (excludes halogenated alkanes) is 2. The van der Waals surface area contributed by atoms with E-state index in [9.17, 15) is 4.79 Å². The maximum absolute atomic E-state index is 12.6. The van der Waals surface area contributed by atoms with E-state index in [0.29, 0.717) is 17.9 Å². The Kier molecular flexibility index (Phi) is 10.6. The van der Waals surface area contributed by atoms with E-state index >= 15 is 0 Å². The van der Waals surface area contributed by atoms with Crippen LogP contribution in [0.15, 0.2) is 84.9 Å².